The number of para-hydroxylation sites is 1. The van der Waals surface area contributed by atoms with Gasteiger partial charge in [-0.05, 0) is 25.0 Å². The van der Waals surface area contributed by atoms with E-state index in [-0.39, 0.29) is 17.2 Å². The van der Waals surface area contributed by atoms with E-state index in [0.717, 1.165) is 11.1 Å². The summed E-state index contributed by atoms with van der Waals surface area (Å²) in [7, 11) is 0. The molecule has 0 amide bonds. The predicted octanol–water partition coefficient (Wildman–Crippen LogP) is 3.60. The fourth-order valence-electron chi connectivity index (χ4n) is 2.43. The number of aromatic hydroxyl groups is 3. The first-order valence-corrected chi connectivity index (χ1v) is 6.45. The lowest BCUT2D eigenvalue weighted by Gasteiger charge is -2.15. The molecule has 2 aromatic rings. The van der Waals surface area contributed by atoms with Crippen LogP contribution in [-0.2, 0) is 12.8 Å². The summed E-state index contributed by atoms with van der Waals surface area (Å²) in [5, 5.41) is 30.3. The number of phenolic OH excluding ortho intramolecular Hbond substituents is 3. The molecule has 0 aliphatic heterocycles. The van der Waals surface area contributed by atoms with E-state index in [4.69, 9.17) is 0 Å². The maximum atomic E-state index is 10.4. The molecule has 0 radical (unpaired) electrons. The largest absolute Gasteiger partial charge is 0.508 e. The van der Waals surface area contributed by atoms with Crippen LogP contribution in [0.1, 0.15) is 25.0 Å². The second-order valence-corrected chi connectivity index (χ2v) is 4.47. The van der Waals surface area contributed by atoms with Gasteiger partial charge in [0.1, 0.15) is 17.2 Å². The molecule has 3 N–H and O–H groups in total. The minimum atomic E-state index is 0.0866. The van der Waals surface area contributed by atoms with Gasteiger partial charge in [0.05, 0.1) is 0 Å². The van der Waals surface area contributed by atoms with Gasteiger partial charge in [0.15, 0.2) is 0 Å². The number of phenols is 3. The summed E-state index contributed by atoms with van der Waals surface area (Å²) in [5.74, 6) is 0.387. The fraction of sp³-hybridized carbons (Fsp3) is 0.250. The van der Waals surface area contributed by atoms with Crippen molar-refractivity contribution >= 4 is 0 Å². The summed E-state index contributed by atoms with van der Waals surface area (Å²) in [5.41, 5.74) is 2.48. The normalized spacial score (nSPS) is 10.6. The van der Waals surface area contributed by atoms with Gasteiger partial charge in [0.25, 0.3) is 0 Å². The summed E-state index contributed by atoms with van der Waals surface area (Å²) in [4.78, 5) is 0. The average molecular weight is 258 g/mol. The van der Waals surface area contributed by atoms with Gasteiger partial charge in [0.2, 0.25) is 0 Å². The van der Waals surface area contributed by atoms with Crippen LogP contribution in [-0.4, -0.2) is 15.3 Å². The van der Waals surface area contributed by atoms with Gasteiger partial charge in [-0.1, -0.05) is 32.0 Å². The molecule has 0 unspecified atom stereocenters. The van der Waals surface area contributed by atoms with Crippen molar-refractivity contribution in [1.82, 2.24) is 0 Å². The van der Waals surface area contributed by atoms with E-state index in [1.54, 1.807) is 24.3 Å². The molecule has 2 aromatic carbocycles. The minimum Gasteiger partial charge on any atom is -0.508 e. The van der Waals surface area contributed by atoms with Crippen LogP contribution in [0.5, 0.6) is 17.2 Å². The van der Waals surface area contributed by atoms with E-state index in [1.165, 1.54) is 6.07 Å². The zero-order valence-corrected chi connectivity index (χ0v) is 11.1. The van der Waals surface area contributed by atoms with Crippen molar-refractivity contribution in [2.45, 2.75) is 26.7 Å². The molecule has 0 aliphatic carbocycles. The van der Waals surface area contributed by atoms with Gasteiger partial charge in [-0.15, -0.1) is 0 Å². The molecule has 0 fully saturated rings. The second kappa shape index (κ2) is 5.22. The topological polar surface area (TPSA) is 60.7 Å². The van der Waals surface area contributed by atoms with Crippen molar-refractivity contribution < 1.29 is 15.3 Å². The Labute approximate surface area is 112 Å². The monoisotopic (exact) mass is 258 g/mol. The molecule has 0 bridgehead atoms. The molecule has 0 atom stereocenters. The minimum absolute atomic E-state index is 0.0866. The van der Waals surface area contributed by atoms with Gasteiger partial charge in [-0.25, -0.2) is 0 Å². The Kier molecular flexibility index (Phi) is 3.65. The average Bonchev–Trinajstić information content (AvgIpc) is 2.41. The van der Waals surface area contributed by atoms with Gasteiger partial charge >= 0.3 is 0 Å². The third kappa shape index (κ3) is 2.24. The van der Waals surface area contributed by atoms with E-state index in [9.17, 15) is 15.3 Å². The standard InChI is InChI=1S/C16H18O3/c1-3-10-11(4-2)16(19)13(9-15(10)18)12-7-5-6-8-14(12)17/h5-9,17-19H,3-4H2,1-2H3. The zero-order chi connectivity index (χ0) is 14.0. The summed E-state index contributed by atoms with van der Waals surface area (Å²) in [6.07, 6.45) is 1.29. The maximum absolute atomic E-state index is 10.4. The molecule has 0 saturated carbocycles. The molecule has 3 nitrogen and oxygen atoms in total. The highest BCUT2D eigenvalue weighted by Gasteiger charge is 2.17. The fourth-order valence-corrected chi connectivity index (χ4v) is 2.43. The van der Waals surface area contributed by atoms with Crippen LogP contribution in [0.15, 0.2) is 30.3 Å². The Morgan fingerprint density at radius 2 is 1.42 bits per heavy atom. The molecule has 0 saturated heterocycles. The van der Waals surface area contributed by atoms with Crippen LogP contribution in [0.3, 0.4) is 0 Å². The van der Waals surface area contributed by atoms with Crippen molar-refractivity contribution in [3.8, 4) is 28.4 Å². The van der Waals surface area contributed by atoms with Crippen molar-refractivity contribution in [3.63, 3.8) is 0 Å². The molecule has 0 aliphatic rings. The number of benzene rings is 2. The Hall–Kier alpha value is -2.16. The maximum Gasteiger partial charge on any atom is 0.127 e. The molecule has 0 aromatic heterocycles. The Morgan fingerprint density at radius 3 is 2.00 bits per heavy atom. The molecule has 2 rings (SSSR count). The Bertz CT molecular complexity index is 603. The summed E-state index contributed by atoms with van der Waals surface area (Å²) in [6.45, 7) is 3.87. The van der Waals surface area contributed by atoms with E-state index in [2.05, 4.69) is 0 Å². The summed E-state index contributed by atoms with van der Waals surface area (Å²) >= 11 is 0. The van der Waals surface area contributed by atoms with Gasteiger partial charge in [-0.2, -0.15) is 0 Å². The highest BCUT2D eigenvalue weighted by Crippen LogP contribution is 2.42. The first kappa shape index (κ1) is 13.3. The number of rotatable bonds is 3. The number of hydrogen-bond donors (Lipinski definition) is 3. The lowest BCUT2D eigenvalue weighted by atomic mass is 9.93. The van der Waals surface area contributed by atoms with E-state index in [0.29, 0.717) is 24.0 Å². The van der Waals surface area contributed by atoms with Crippen LogP contribution in [0.2, 0.25) is 0 Å². The van der Waals surface area contributed by atoms with E-state index in [1.807, 2.05) is 13.8 Å². The van der Waals surface area contributed by atoms with E-state index < -0.39 is 0 Å². The quantitative estimate of drug-likeness (QED) is 0.737. The molecule has 19 heavy (non-hydrogen) atoms. The van der Waals surface area contributed by atoms with Crippen molar-refractivity contribution in [1.29, 1.82) is 0 Å². The van der Waals surface area contributed by atoms with Gasteiger partial charge < -0.3 is 15.3 Å². The first-order chi connectivity index (χ1) is 9.10. The third-order valence-electron chi connectivity index (χ3n) is 3.40. The summed E-state index contributed by atoms with van der Waals surface area (Å²) in [6, 6.07) is 8.30. The van der Waals surface area contributed by atoms with Crippen LogP contribution in [0, 0.1) is 0 Å². The van der Waals surface area contributed by atoms with Crippen LogP contribution < -0.4 is 0 Å². The summed E-state index contributed by atoms with van der Waals surface area (Å²) < 4.78 is 0. The molecule has 100 valence electrons. The highest BCUT2D eigenvalue weighted by atomic mass is 16.3. The van der Waals surface area contributed by atoms with Crippen molar-refractivity contribution in [3.05, 3.63) is 41.5 Å². The Morgan fingerprint density at radius 1 is 0.789 bits per heavy atom. The number of hydrogen-bond acceptors (Lipinski definition) is 3. The van der Waals surface area contributed by atoms with Crippen LogP contribution in [0.4, 0.5) is 0 Å². The van der Waals surface area contributed by atoms with Gasteiger partial charge in [0, 0.05) is 22.3 Å². The molecule has 0 heterocycles. The van der Waals surface area contributed by atoms with Crippen LogP contribution >= 0.6 is 0 Å². The first-order valence-electron chi connectivity index (χ1n) is 6.45. The highest BCUT2D eigenvalue weighted by molar-refractivity contribution is 5.79. The Balaban J connectivity index is 2.73. The zero-order valence-electron chi connectivity index (χ0n) is 11.1. The lowest BCUT2D eigenvalue weighted by Crippen LogP contribution is -1.95. The molecule has 3 heteroatoms. The van der Waals surface area contributed by atoms with Gasteiger partial charge in [-0.3, -0.25) is 0 Å². The third-order valence-corrected chi connectivity index (χ3v) is 3.40. The smallest absolute Gasteiger partial charge is 0.127 e. The molecule has 0 spiro atoms. The van der Waals surface area contributed by atoms with Crippen molar-refractivity contribution in [2.75, 3.05) is 0 Å². The second-order valence-electron chi connectivity index (χ2n) is 4.47. The van der Waals surface area contributed by atoms with E-state index >= 15 is 0 Å². The predicted molar refractivity (Wildman–Crippen MR) is 75.6 cm³/mol. The SMILES string of the molecule is CCc1c(O)cc(-c2ccccc2O)c(O)c1CC. The lowest BCUT2D eigenvalue weighted by molar-refractivity contribution is 0.449. The van der Waals surface area contributed by atoms with Crippen LogP contribution in [0.25, 0.3) is 11.1 Å². The van der Waals surface area contributed by atoms with Crippen molar-refractivity contribution in [2.24, 2.45) is 0 Å². The molecular formula is C16H18O3. The molecular weight excluding hydrogens is 240 g/mol.